The molecular formula is C18H17N3O3. The van der Waals surface area contributed by atoms with Gasteiger partial charge in [0.25, 0.3) is 0 Å². The molecule has 1 N–H and O–H groups in total. The minimum Gasteiger partial charge on any atom is -0.445 e. The van der Waals surface area contributed by atoms with Crippen molar-refractivity contribution in [1.82, 2.24) is 15.5 Å². The molecule has 0 fully saturated rings. The Balaban J connectivity index is 1.42. The second-order valence-corrected chi connectivity index (χ2v) is 5.12. The van der Waals surface area contributed by atoms with Crippen LogP contribution in [0.15, 0.2) is 65.2 Å². The molecule has 1 aromatic heterocycles. The van der Waals surface area contributed by atoms with Gasteiger partial charge in [0.05, 0.1) is 0 Å². The predicted molar refractivity (Wildman–Crippen MR) is 88.1 cm³/mol. The number of amides is 1. The predicted octanol–water partition coefficient (Wildman–Crippen LogP) is 3.21. The topological polar surface area (TPSA) is 77.3 Å². The Hall–Kier alpha value is -3.15. The van der Waals surface area contributed by atoms with Crippen molar-refractivity contribution in [1.29, 1.82) is 0 Å². The van der Waals surface area contributed by atoms with Crippen LogP contribution in [0.2, 0.25) is 0 Å². The molecule has 6 nitrogen and oxygen atoms in total. The molecule has 0 spiro atoms. The zero-order valence-corrected chi connectivity index (χ0v) is 13.0. The second-order valence-electron chi connectivity index (χ2n) is 5.12. The number of hydrogen-bond acceptors (Lipinski definition) is 5. The number of nitrogens with zero attached hydrogens (tertiary/aromatic N) is 2. The summed E-state index contributed by atoms with van der Waals surface area (Å²) < 4.78 is 10.3. The minimum atomic E-state index is -0.471. The quantitative estimate of drug-likeness (QED) is 0.754. The molecule has 24 heavy (non-hydrogen) atoms. The third-order valence-corrected chi connectivity index (χ3v) is 3.32. The van der Waals surface area contributed by atoms with Crippen molar-refractivity contribution in [3.05, 3.63) is 72.1 Å². The maximum atomic E-state index is 11.6. The van der Waals surface area contributed by atoms with Crippen LogP contribution in [0.25, 0.3) is 11.4 Å². The first-order chi connectivity index (χ1) is 11.8. The number of nitrogens with one attached hydrogen (secondary N) is 1. The van der Waals surface area contributed by atoms with Crippen molar-refractivity contribution in [3.8, 4) is 11.4 Å². The number of benzene rings is 2. The molecular weight excluding hydrogens is 306 g/mol. The van der Waals surface area contributed by atoms with E-state index in [1.54, 1.807) is 0 Å². The largest absolute Gasteiger partial charge is 0.445 e. The van der Waals surface area contributed by atoms with Gasteiger partial charge in [-0.2, -0.15) is 4.98 Å². The van der Waals surface area contributed by atoms with Crippen LogP contribution < -0.4 is 5.32 Å². The molecule has 2 aromatic carbocycles. The Labute approximate surface area is 139 Å². The Kier molecular flexibility index (Phi) is 5.19. The SMILES string of the molecule is O=C(NCCc1nc(-c2ccccc2)no1)OCc1ccccc1. The van der Waals surface area contributed by atoms with Gasteiger partial charge in [-0.25, -0.2) is 4.79 Å². The van der Waals surface area contributed by atoms with Gasteiger partial charge in [-0.1, -0.05) is 65.8 Å². The second kappa shape index (κ2) is 7.92. The Bertz CT molecular complexity index is 772. The average Bonchev–Trinajstić information content (AvgIpc) is 3.11. The zero-order chi connectivity index (χ0) is 16.6. The van der Waals surface area contributed by atoms with Gasteiger partial charge >= 0.3 is 6.09 Å². The third-order valence-electron chi connectivity index (χ3n) is 3.32. The maximum absolute atomic E-state index is 11.6. The Morgan fingerprint density at radius 2 is 1.75 bits per heavy atom. The number of hydrogen-bond donors (Lipinski definition) is 1. The Morgan fingerprint density at radius 1 is 1.04 bits per heavy atom. The van der Waals surface area contributed by atoms with Crippen LogP contribution in [0.3, 0.4) is 0 Å². The van der Waals surface area contributed by atoms with E-state index >= 15 is 0 Å². The van der Waals surface area contributed by atoms with Crippen molar-refractivity contribution >= 4 is 6.09 Å². The molecule has 0 saturated carbocycles. The molecule has 1 amide bonds. The summed E-state index contributed by atoms with van der Waals surface area (Å²) in [4.78, 5) is 15.9. The smallest absolute Gasteiger partial charge is 0.407 e. The monoisotopic (exact) mass is 323 g/mol. The molecule has 0 saturated heterocycles. The lowest BCUT2D eigenvalue weighted by molar-refractivity contribution is 0.139. The lowest BCUT2D eigenvalue weighted by atomic mass is 10.2. The fourth-order valence-electron chi connectivity index (χ4n) is 2.11. The van der Waals surface area contributed by atoms with E-state index in [0.717, 1.165) is 11.1 Å². The molecule has 0 aliphatic rings. The van der Waals surface area contributed by atoms with Crippen molar-refractivity contribution in [2.24, 2.45) is 0 Å². The van der Waals surface area contributed by atoms with E-state index in [4.69, 9.17) is 9.26 Å². The number of carbonyl (C=O) groups excluding carboxylic acids is 1. The van der Waals surface area contributed by atoms with Gasteiger partial charge in [0.2, 0.25) is 11.7 Å². The van der Waals surface area contributed by atoms with Crippen LogP contribution in [0.5, 0.6) is 0 Å². The minimum absolute atomic E-state index is 0.241. The fourth-order valence-corrected chi connectivity index (χ4v) is 2.11. The van der Waals surface area contributed by atoms with Crippen LogP contribution in [-0.4, -0.2) is 22.8 Å². The molecule has 0 radical (unpaired) electrons. The standard InChI is InChI=1S/C18H17N3O3/c22-18(23-13-14-7-3-1-4-8-14)19-12-11-16-20-17(21-24-16)15-9-5-2-6-10-15/h1-10H,11-13H2,(H,19,22). The van der Waals surface area contributed by atoms with Gasteiger partial charge in [-0.3, -0.25) is 0 Å². The van der Waals surface area contributed by atoms with Gasteiger partial charge < -0.3 is 14.6 Å². The molecule has 3 aromatic rings. The van der Waals surface area contributed by atoms with E-state index in [9.17, 15) is 4.79 Å². The highest BCUT2D eigenvalue weighted by atomic mass is 16.5. The summed E-state index contributed by atoms with van der Waals surface area (Å²) in [6, 6.07) is 19.1. The molecule has 0 atom stereocenters. The normalized spacial score (nSPS) is 10.3. The fraction of sp³-hybridized carbons (Fsp3) is 0.167. The highest BCUT2D eigenvalue weighted by Crippen LogP contribution is 2.14. The van der Waals surface area contributed by atoms with Crippen molar-refractivity contribution in [3.63, 3.8) is 0 Å². The summed E-state index contributed by atoms with van der Waals surface area (Å²) in [7, 11) is 0. The molecule has 1 heterocycles. The molecule has 0 aliphatic heterocycles. The first kappa shape index (κ1) is 15.7. The highest BCUT2D eigenvalue weighted by molar-refractivity contribution is 5.67. The number of ether oxygens (including phenoxy) is 1. The van der Waals surface area contributed by atoms with Crippen LogP contribution in [0, 0.1) is 0 Å². The van der Waals surface area contributed by atoms with E-state index in [1.165, 1.54) is 0 Å². The van der Waals surface area contributed by atoms with Crippen molar-refractivity contribution < 1.29 is 14.1 Å². The molecule has 3 rings (SSSR count). The maximum Gasteiger partial charge on any atom is 0.407 e. The summed E-state index contributed by atoms with van der Waals surface area (Å²) in [6.45, 7) is 0.607. The number of carbonyl (C=O) groups is 1. The molecule has 0 bridgehead atoms. The molecule has 122 valence electrons. The van der Waals surface area contributed by atoms with Gasteiger partial charge in [-0.15, -0.1) is 0 Å². The Morgan fingerprint density at radius 3 is 2.50 bits per heavy atom. The molecule has 6 heteroatoms. The summed E-state index contributed by atoms with van der Waals surface area (Å²) in [5.74, 6) is 1.01. The lowest BCUT2D eigenvalue weighted by Crippen LogP contribution is -2.26. The first-order valence-electron chi connectivity index (χ1n) is 7.64. The van der Waals surface area contributed by atoms with E-state index < -0.39 is 6.09 Å². The van der Waals surface area contributed by atoms with E-state index in [1.807, 2.05) is 60.7 Å². The third kappa shape index (κ3) is 4.42. The number of rotatable bonds is 6. The first-order valence-corrected chi connectivity index (χ1v) is 7.64. The van der Waals surface area contributed by atoms with E-state index in [2.05, 4.69) is 15.5 Å². The number of aromatic nitrogens is 2. The van der Waals surface area contributed by atoms with Crippen molar-refractivity contribution in [2.75, 3.05) is 6.54 Å². The van der Waals surface area contributed by atoms with Gasteiger partial charge in [0, 0.05) is 18.5 Å². The van der Waals surface area contributed by atoms with Gasteiger partial charge in [0.1, 0.15) is 6.61 Å². The van der Waals surface area contributed by atoms with Crippen LogP contribution in [0.4, 0.5) is 4.79 Å². The molecule has 0 aliphatic carbocycles. The zero-order valence-electron chi connectivity index (χ0n) is 13.0. The molecule has 0 unspecified atom stereocenters. The van der Waals surface area contributed by atoms with Crippen LogP contribution in [0.1, 0.15) is 11.5 Å². The van der Waals surface area contributed by atoms with Gasteiger partial charge in [0.15, 0.2) is 0 Å². The van der Waals surface area contributed by atoms with Crippen LogP contribution >= 0.6 is 0 Å². The van der Waals surface area contributed by atoms with Crippen LogP contribution in [-0.2, 0) is 17.8 Å². The van der Waals surface area contributed by atoms with E-state index in [0.29, 0.717) is 24.7 Å². The summed E-state index contributed by atoms with van der Waals surface area (Å²) in [6.07, 6.45) is -0.0260. The highest BCUT2D eigenvalue weighted by Gasteiger charge is 2.09. The summed E-state index contributed by atoms with van der Waals surface area (Å²) >= 11 is 0. The van der Waals surface area contributed by atoms with Crippen molar-refractivity contribution in [2.45, 2.75) is 13.0 Å². The van der Waals surface area contributed by atoms with Gasteiger partial charge in [-0.05, 0) is 5.56 Å². The average molecular weight is 323 g/mol. The number of alkyl carbamates (subject to hydrolysis) is 1. The lowest BCUT2D eigenvalue weighted by Gasteiger charge is -2.05. The van der Waals surface area contributed by atoms with E-state index in [-0.39, 0.29) is 6.61 Å². The summed E-state index contributed by atoms with van der Waals surface area (Å²) in [5, 5.41) is 6.59. The summed E-state index contributed by atoms with van der Waals surface area (Å²) in [5.41, 5.74) is 1.83.